The zero-order valence-corrected chi connectivity index (χ0v) is 12.9. The first-order valence-electron chi connectivity index (χ1n) is 6.60. The van der Waals surface area contributed by atoms with Crippen LogP contribution in [0.3, 0.4) is 0 Å². The molecule has 0 aliphatic heterocycles. The second kappa shape index (κ2) is 7.19. The molecule has 1 aromatic heterocycles. The van der Waals surface area contributed by atoms with Gasteiger partial charge in [-0.2, -0.15) is 0 Å². The first-order chi connectivity index (χ1) is 10.1. The summed E-state index contributed by atoms with van der Waals surface area (Å²) in [6, 6.07) is 6.68. The summed E-state index contributed by atoms with van der Waals surface area (Å²) in [4.78, 5) is 18.7. The predicted molar refractivity (Wildman–Crippen MR) is 82.1 cm³/mol. The van der Waals surface area contributed by atoms with E-state index in [0.717, 1.165) is 12.2 Å². The number of aromatic nitrogens is 1. The third-order valence-corrected chi connectivity index (χ3v) is 4.03. The number of carboxylic acid groups (broad SMARTS) is 1. The van der Waals surface area contributed by atoms with Crippen molar-refractivity contribution in [3.63, 3.8) is 0 Å². The van der Waals surface area contributed by atoms with Gasteiger partial charge in [-0.1, -0.05) is 12.1 Å². The molecule has 112 valence electrons. The van der Waals surface area contributed by atoms with E-state index in [-0.39, 0.29) is 5.56 Å². The molecule has 5 nitrogen and oxygen atoms in total. The highest BCUT2D eigenvalue weighted by Crippen LogP contribution is 2.18. The summed E-state index contributed by atoms with van der Waals surface area (Å²) >= 11 is 1.64. The standard InChI is InChI=1S/C15H18N2O3S/c1-11-14(21-10-16-11)9-17(2)7-8-20-13-6-4-3-5-12(13)15(18)19/h3-6,10H,7-9H2,1-2H3,(H,18,19). The zero-order valence-electron chi connectivity index (χ0n) is 12.1. The van der Waals surface area contributed by atoms with Crippen LogP contribution in [0.1, 0.15) is 20.9 Å². The van der Waals surface area contributed by atoms with Crippen molar-refractivity contribution in [2.75, 3.05) is 20.2 Å². The largest absolute Gasteiger partial charge is 0.491 e. The number of benzene rings is 1. The molecular weight excluding hydrogens is 288 g/mol. The van der Waals surface area contributed by atoms with Gasteiger partial charge in [-0.25, -0.2) is 9.78 Å². The zero-order chi connectivity index (χ0) is 15.2. The van der Waals surface area contributed by atoms with E-state index in [9.17, 15) is 4.79 Å². The average molecular weight is 306 g/mol. The summed E-state index contributed by atoms with van der Waals surface area (Å²) in [6.45, 7) is 3.98. The number of ether oxygens (including phenoxy) is 1. The number of thiazole rings is 1. The number of nitrogens with zero attached hydrogens (tertiary/aromatic N) is 2. The van der Waals surface area contributed by atoms with Crippen LogP contribution < -0.4 is 4.74 Å². The van der Waals surface area contributed by atoms with Gasteiger partial charge in [0.1, 0.15) is 17.9 Å². The summed E-state index contributed by atoms with van der Waals surface area (Å²) in [5.41, 5.74) is 3.10. The molecule has 21 heavy (non-hydrogen) atoms. The minimum atomic E-state index is -0.973. The molecule has 0 aliphatic rings. The maximum Gasteiger partial charge on any atom is 0.339 e. The Morgan fingerprint density at radius 3 is 2.86 bits per heavy atom. The van der Waals surface area contributed by atoms with E-state index < -0.39 is 5.97 Å². The third-order valence-electron chi connectivity index (χ3n) is 3.11. The number of hydrogen-bond donors (Lipinski definition) is 1. The Kier molecular flexibility index (Phi) is 5.30. The molecule has 1 heterocycles. The Morgan fingerprint density at radius 2 is 2.19 bits per heavy atom. The summed E-state index contributed by atoms with van der Waals surface area (Å²) in [7, 11) is 2.01. The molecule has 0 saturated carbocycles. The average Bonchev–Trinajstić information content (AvgIpc) is 2.84. The topological polar surface area (TPSA) is 62.7 Å². The molecule has 1 aromatic carbocycles. The van der Waals surface area contributed by atoms with Crippen molar-refractivity contribution in [2.24, 2.45) is 0 Å². The van der Waals surface area contributed by atoms with E-state index in [1.54, 1.807) is 35.6 Å². The Hall–Kier alpha value is -1.92. The highest BCUT2D eigenvalue weighted by Gasteiger charge is 2.10. The molecule has 0 atom stereocenters. The van der Waals surface area contributed by atoms with Crippen molar-refractivity contribution in [2.45, 2.75) is 13.5 Å². The van der Waals surface area contributed by atoms with Crippen molar-refractivity contribution < 1.29 is 14.6 Å². The monoisotopic (exact) mass is 306 g/mol. The molecule has 0 radical (unpaired) electrons. The Balaban J connectivity index is 1.84. The van der Waals surface area contributed by atoms with Gasteiger partial charge in [0.25, 0.3) is 0 Å². The van der Waals surface area contributed by atoms with Gasteiger partial charge in [0.05, 0.1) is 11.2 Å². The van der Waals surface area contributed by atoms with Crippen LogP contribution in [0.25, 0.3) is 0 Å². The van der Waals surface area contributed by atoms with Crippen LogP contribution in [0.15, 0.2) is 29.8 Å². The first-order valence-corrected chi connectivity index (χ1v) is 7.48. The van der Waals surface area contributed by atoms with Crippen LogP contribution in [0.2, 0.25) is 0 Å². The van der Waals surface area contributed by atoms with Gasteiger partial charge in [-0.05, 0) is 26.1 Å². The van der Waals surface area contributed by atoms with Crippen molar-refractivity contribution in [1.29, 1.82) is 0 Å². The van der Waals surface area contributed by atoms with Gasteiger partial charge < -0.3 is 9.84 Å². The number of para-hydroxylation sites is 1. The molecule has 1 N–H and O–H groups in total. The normalized spacial score (nSPS) is 10.8. The fourth-order valence-corrected chi connectivity index (χ4v) is 2.74. The second-order valence-corrected chi connectivity index (χ2v) is 5.69. The summed E-state index contributed by atoms with van der Waals surface area (Å²) in [6.07, 6.45) is 0. The highest BCUT2D eigenvalue weighted by atomic mass is 32.1. The van der Waals surface area contributed by atoms with Crippen LogP contribution in [-0.4, -0.2) is 41.2 Å². The van der Waals surface area contributed by atoms with E-state index in [2.05, 4.69) is 9.88 Å². The maximum atomic E-state index is 11.1. The lowest BCUT2D eigenvalue weighted by atomic mass is 10.2. The lowest BCUT2D eigenvalue weighted by Gasteiger charge is -2.17. The highest BCUT2D eigenvalue weighted by molar-refractivity contribution is 7.09. The molecule has 0 spiro atoms. The van der Waals surface area contributed by atoms with Crippen LogP contribution in [0.5, 0.6) is 5.75 Å². The minimum Gasteiger partial charge on any atom is -0.491 e. The Morgan fingerprint density at radius 1 is 1.43 bits per heavy atom. The van der Waals surface area contributed by atoms with Crippen LogP contribution in [0.4, 0.5) is 0 Å². The molecular formula is C15H18N2O3S. The second-order valence-electron chi connectivity index (χ2n) is 4.75. The van der Waals surface area contributed by atoms with Crippen molar-refractivity contribution in [3.05, 3.63) is 45.9 Å². The first kappa shape index (κ1) is 15.5. The number of carbonyl (C=O) groups is 1. The van der Waals surface area contributed by atoms with Gasteiger partial charge in [0, 0.05) is 18.0 Å². The molecule has 2 rings (SSSR count). The lowest BCUT2D eigenvalue weighted by Crippen LogP contribution is -2.24. The number of carboxylic acids is 1. The predicted octanol–water partition coefficient (Wildman–Crippen LogP) is 2.66. The van der Waals surface area contributed by atoms with Gasteiger partial charge in [-0.3, -0.25) is 4.90 Å². The Bertz CT molecular complexity index is 612. The number of hydrogen-bond acceptors (Lipinski definition) is 5. The summed E-state index contributed by atoms with van der Waals surface area (Å²) in [5.74, 6) is -0.563. The number of rotatable bonds is 7. The number of aromatic carboxylic acids is 1. The van der Waals surface area contributed by atoms with Crippen LogP contribution in [-0.2, 0) is 6.54 Å². The third kappa shape index (κ3) is 4.27. The molecule has 0 fully saturated rings. The van der Waals surface area contributed by atoms with E-state index in [1.165, 1.54) is 4.88 Å². The smallest absolute Gasteiger partial charge is 0.339 e. The number of likely N-dealkylation sites (N-methyl/N-ethyl adjacent to an activating group) is 1. The molecule has 6 heteroatoms. The minimum absolute atomic E-state index is 0.193. The summed E-state index contributed by atoms with van der Waals surface area (Å²) < 4.78 is 5.58. The quantitative estimate of drug-likeness (QED) is 0.852. The lowest BCUT2D eigenvalue weighted by molar-refractivity contribution is 0.0691. The molecule has 0 amide bonds. The number of aryl methyl sites for hydroxylation is 1. The van der Waals surface area contributed by atoms with E-state index in [1.807, 2.05) is 19.5 Å². The molecule has 0 aliphatic carbocycles. The molecule has 0 saturated heterocycles. The van der Waals surface area contributed by atoms with Crippen molar-refractivity contribution in [1.82, 2.24) is 9.88 Å². The van der Waals surface area contributed by atoms with E-state index >= 15 is 0 Å². The molecule has 0 unspecified atom stereocenters. The van der Waals surface area contributed by atoms with Crippen LogP contribution >= 0.6 is 11.3 Å². The maximum absolute atomic E-state index is 11.1. The molecule has 0 bridgehead atoms. The van der Waals surface area contributed by atoms with Crippen molar-refractivity contribution in [3.8, 4) is 5.75 Å². The van der Waals surface area contributed by atoms with E-state index in [4.69, 9.17) is 9.84 Å². The Labute approximate surface area is 127 Å². The molecule has 2 aromatic rings. The SMILES string of the molecule is Cc1ncsc1CN(C)CCOc1ccccc1C(=O)O. The fraction of sp³-hybridized carbons (Fsp3) is 0.333. The summed E-state index contributed by atoms with van der Waals surface area (Å²) in [5, 5.41) is 9.08. The van der Waals surface area contributed by atoms with Gasteiger partial charge in [-0.15, -0.1) is 11.3 Å². The van der Waals surface area contributed by atoms with Crippen molar-refractivity contribution >= 4 is 17.3 Å². The van der Waals surface area contributed by atoms with E-state index in [0.29, 0.717) is 18.9 Å². The van der Waals surface area contributed by atoms with Gasteiger partial charge in [0.2, 0.25) is 0 Å². The van der Waals surface area contributed by atoms with Gasteiger partial charge in [0.15, 0.2) is 0 Å². The van der Waals surface area contributed by atoms with Crippen LogP contribution in [0, 0.1) is 6.92 Å². The fourth-order valence-electron chi connectivity index (χ4n) is 1.88. The van der Waals surface area contributed by atoms with Gasteiger partial charge >= 0.3 is 5.97 Å².